The van der Waals surface area contributed by atoms with Crippen molar-refractivity contribution in [2.45, 2.75) is 13.5 Å². The minimum Gasteiger partial charge on any atom is -0.383 e. The van der Waals surface area contributed by atoms with Crippen molar-refractivity contribution in [3.63, 3.8) is 0 Å². The number of anilines is 1. The largest absolute Gasteiger partial charge is 0.383 e. The number of aromatic nitrogens is 1. The number of aryl methyl sites for hydroxylation is 1. The molecule has 20 heavy (non-hydrogen) atoms. The van der Waals surface area contributed by atoms with E-state index in [0.717, 1.165) is 22.0 Å². The molecule has 106 valence electrons. The minimum atomic E-state index is -0.800. The first-order chi connectivity index (χ1) is 9.51. The van der Waals surface area contributed by atoms with E-state index in [-0.39, 0.29) is 17.8 Å². The van der Waals surface area contributed by atoms with Gasteiger partial charge in [-0.3, -0.25) is 4.79 Å². The average molecular weight is 297 g/mol. The average Bonchev–Trinajstić information content (AvgIpc) is 2.81. The Morgan fingerprint density at radius 2 is 2.00 bits per heavy atom. The molecule has 0 aliphatic rings. The van der Waals surface area contributed by atoms with Crippen LogP contribution in [0.2, 0.25) is 0 Å². The number of carbonyl (C=O) groups is 1. The van der Waals surface area contributed by atoms with Crippen molar-refractivity contribution in [1.82, 2.24) is 10.3 Å². The van der Waals surface area contributed by atoms with E-state index < -0.39 is 17.5 Å². The molecule has 7 heteroatoms. The van der Waals surface area contributed by atoms with E-state index in [1.807, 2.05) is 6.92 Å². The minimum absolute atomic E-state index is 0.0553. The molecule has 2 N–H and O–H groups in total. The Morgan fingerprint density at radius 3 is 2.50 bits per heavy atom. The maximum absolute atomic E-state index is 13.5. The fourth-order valence-electron chi connectivity index (χ4n) is 1.70. The summed E-state index contributed by atoms with van der Waals surface area (Å²) < 4.78 is 27.1. The monoisotopic (exact) mass is 297 g/mol. The van der Waals surface area contributed by atoms with E-state index in [1.165, 1.54) is 18.4 Å². The first-order valence-corrected chi connectivity index (χ1v) is 6.69. The van der Waals surface area contributed by atoms with Crippen molar-refractivity contribution in [2.24, 2.45) is 0 Å². The lowest BCUT2D eigenvalue weighted by Gasteiger charge is -2.08. The highest BCUT2D eigenvalue weighted by Gasteiger charge is 2.14. The molecule has 2 rings (SSSR count). The van der Waals surface area contributed by atoms with E-state index in [1.54, 1.807) is 6.20 Å². The maximum atomic E-state index is 13.5. The fraction of sp³-hybridized carbons (Fsp3) is 0.231. The Labute approximate surface area is 118 Å². The van der Waals surface area contributed by atoms with Gasteiger partial charge in [0.2, 0.25) is 0 Å². The van der Waals surface area contributed by atoms with Crippen LogP contribution in [-0.4, -0.2) is 17.9 Å². The molecule has 0 saturated heterocycles. The Morgan fingerprint density at radius 1 is 1.35 bits per heavy atom. The van der Waals surface area contributed by atoms with Crippen LogP contribution in [0.5, 0.6) is 0 Å². The Kier molecular flexibility index (Phi) is 4.29. The Bertz CT molecular complexity index is 619. The van der Waals surface area contributed by atoms with Crippen LogP contribution >= 0.6 is 11.3 Å². The van der Waals surface area contributed by atoms with Crippen molar-refractivity contribution >= 4 is 22.9 Å². The zero-order valence-electron chi connectivity index (χ0n) is 11.0. The molecule has 4 nitrogen and oxygen atoms in total. The predicted molar refractivity (Wildman–Crippen MR) is 73.9 cm³/mol. The molecule has 0 saturated carbocycles. The molecule has 1 aromatic carbocycles. The summed E-state index contributed by atoms with van der Waals surface area (Å²) in [5, 5.41) is 5.89. The van der Waals surface area contributed by atoms with E-state index in [9.17, 15) is 13.6 Å². The SMILES string of the molecule is CNc1c(F)cc(C(=O)NCc2cnc(C)s2)cc1F. The molecule has 0 spiro atoms. The molecule has 1 amide bonds. The van der Waals surface area contributed by atoms with E-state index in [2.05, 4.69) is 15.6 Å². The number of halogens is 2. The van der Waals surface area contributed by atoms with Crippen LogP contribution in [0.15, 0.2) is 18.3 Å². The number of benzene rings is 1. The number of amides is 1. The third kappa shape index (κ3) is 3.11. The van der Waals surface area contributed by atoms with Gasteiger partial charge in [0.15, 0.2) is 0 Å². The lowest BCUT2D eigenvalue weighted by molar-refractivity contribution is 0.0950. The summed E-state index contributed by atoms with van der Waals surface area (Å²) in [6.07, 6.45) is 1.66. The highest BCUT2D eigenvalue weighted by Crippen LogP contribution is 2.20. The topological polar surface area (TPSA) is 54.0 Å². The molecule has 0 radical (unpaired) electrons. The smallest absolute Gasteiger partial charge is 0.251 e. The molecule has 1 aromatic heterocycles. The second kappa shape index (κ2) is 5.96. The molecule has 2 aromatic rings. The van der Waals surface area contributed by atoms with Gasteiger partial charge in [-0.25, -0.2) is 13.8 Å². The number of hydrogen-bond acceptors (Lipinski definition) is 4. The summed E-state index contributed by atoms with van der Waals surface area (Å²) in [6.45, 7) is 2.14. The molecular formula is C13H13F2N3OS. The van der Waals surface area contributed by atoms with Gasteiger partial charge < -0.3 is 10.6 Å². The third-order valence-corrected chi connectivity index (χ3v) is 3.56. The lowest BCUT2D eigenvalue weighted by atomic mass is 10.1. The fourth-order valence-corrected chi connectivity index (χ4v) is 2.43. The van der Waals surface area contributed by atoms with Crippen LogP contribution in [0.1, 0.15) is 20.2 Å². The van der Waals surface area contributed by atoms with Crippen LogP contribution in [0.3, 0.4) is 0 Å². The maximum Gasteiger partial charge on any atom is 0.251 e. The van der Waals surface area contributed by atoms with Gasteiger partial charge in [-0.1, -0.05) is 0 Å². The molecule has 0 unspecified atom stereocenters. The lowest BCUT2D eigenvalue weighted by Crippen LogP contribution is -2.22. The zero-order valence-corrected chi connectivity index (χ0v) is 11.8. The second-order valence-electron chi connectivity index (χ2n) is 4.09. The first kappa shape index (κ1) is 14.4. The predicted octanol–water partition coefficient (Wildman–Crippen LogP) is 2.70. The molecular weight excluding hydrogens is 284 g/mol. The normalized spacial score (nSPS) is 10.4. The summed E-state index contributed by atoms with van der Waals surface area (Å²) in [5.41, 5.74) is -0.306. The molecule has 0 fully saturated rings. The first-order valence-electron chi connectivity index (χ1n) is 5.87. The number of carbonyl (C=O) groups excluding carboxylic acids is 1. The van der Waals surface area contributed by atoms with Crippen LogP contribution in [0.25, 0.3) is 0 Å². The van der Waals surface area contributed by atoms with Crippen molar-refractivity contribution in [3.05, 3.63) is 45.4 Å². The zero-order chi connectivity index (χ0) is 14.7. The van der Waals surface area contributed by atoms with Gasteiger partial charge in [0.25, 0.3) is 5.91 Å². The van der Waals surface area contributed by atoms with Gasteiger partial charge in [0, 0.05) is 23.7 Å². The van der Waals surface area contributed by atoms with Gasteiger partial charge in [0.1, 0.15) is 17.3 Å². The van der Waals surface area contributed by atoms with Gasteiger partial charge >= 0.3 is 0 Å². The second-order valence-corrected chi connectivity index (χ2v) is 5.41. The molecule has 0 aliphatic carbocycles. The number of nitrogens with one attached hydrogen (secondary N) is 2. The van der Waals surface area contributed by atoms with Gasteiger partial charge in [0.05, 0.1) is 11.6 Å². The van der Waals surface area contributed by atoms with Crippen molar-refractivity contribution < 1.29 is 13.6 Å². The van der Waals surface area contributed by atoms with Crippen molar-refractivity contribution in [3.8, 4) is 0 Å². The number of thiazole rings is 1. The van der Waals surface area contributed by atoms with Gasteiger partial charge in [-0.05, 0) is 19.1 Å². The highest BCUT2D eigenvalue weighted by atomic mass is 32.1. The summed E-state index contributed by atoms with van der Waals surface area (Å²) in [5.74, 6) is -2.13. The molecule has 0 bridgehead atoms. The summed E-state index contributed by atoms with van der Waals surface area (Å²) >= 11 is 1.45. The van der Waals surface area contributed by atoms with E-state index in [4.69, 9.17) is 0 Å². The van der Waals surface area contributed by atoms with Crippen LogP contribution in [0.4, 0.5) is 14.5 Å². The Balaban J connectivity index is 2.09. The molecule has 0 aliphatic heterocycles. The summed E-state index contributed by atoms with van der Waals surface area (Å²) in [6, 6.07) is 2.00. The Hall–Kier alpha value is -2.02. The van der Waals surface area contributed by atoms with Crippen molar-refractivity contribution in [1.29, 1.82) is 0 Å². The standard InChI is InChI=1S/C13H13F2N3OS/c1-7-17-5-9(20-7)6-18-13(19)8-3-10(14)12(16-2)11(15)4-8/h3-5,16H,6H2,1-2H3,(H,18,19). The van der Waals surface area contributed by atoms with Crippen LogP contribution in [0, 0.1) is 18.6 Å². The van der Waals surface area contributed by atoms with Gasteiger partial charge in [-0.15, -0.1) is 11.3 Å². The van der Waals surface area contributed by atoms with E-state index >= 15 is 0 Å². The van der Waals surface area contributed by atoms with Gasteiger partial charge in [-0.2, -0.15) is 0 Å². The van der Waals surface area contributed by atoms with E-state index in [0.29, 0.717) is 0 Å². The van der Waals surface area contributed by atoms with Crippen LogP contribution in [-0.2, 0) is 6.54 Å². The molecule has 1 heterocycles. The quantitative estimate of drug-likeness (QED) is 0.912. The number of nitrogens with zero attached hydrogens (tertiary/aromatic N) is 1. The third-order valence-electron chi connectivity index (χ3n) is 2.65. The highest BCUT2D eigenvalue weighted by molar-refractivity contribution is 7.11. The summed E-state index contributed by atoms with van der Waals surface area (Å²) in [7, 11) is 1.41. The van der Waals surface area contributed by atoms with Crippen LogP contribution < -0.4 is 10.6 Å². The molecule has 0 atom stereocenters. The number of hydrogen-bond donors (Lipinski definition) is 2. The number of rotatable bonds is 4. The van der Waals surface area contributed by atoms with Crippen molar-refractivity contribution in [2.75, 3.05) is 12.4 Å². The summed E-state index contributed by atoms with van der Waals surface area (Å²) in [4.78, 5) is 16.8.